The van der Waals surface area contributed by atoms with Crippen molar-refractivity contribution in [2.24, 2.45) is 0 Å². The van der Waals surface area contributed by atoms with Crippen molar-refractivity contribution in [1.82, 2.24) is 4.90 Å². The van der Waals surface area contributed by atoms with Gasteiger partial charge in [-0.1, -0.05) is 95.1 Å². The molecule has 0 spiro atoms. The minimum Gasteiger partial charge on any atom is -1.00 e. The van der Waals surface area contributed by atoms with Gasteiger partial charge in [-0.25, -0.2) is 0 Å². The van der Waals surface area contributed by atoms with Crippen molar-refractivity contribution in [2.75, 3.05) is 39.4 Å². The molecule has 0 unspecified atom stereocenters. The number of benzene rings is 4. The minimum absolute atomic E-state index is 0. The summed E-state index contributed by atoms with van der Waals surface area (Å²) in [5.74, 6) is 0.110. The molecule has 1 aliphatic heterocycles. The maximum absolute atomic E-state index is 14.2. The van der Waals surface area contributed by atoms with Gasteiger partial charge in [0.15, 0.2) is 0 Å². The highest BCUT2D eigenvalue weighted by Crippen LogP contribution is 2.24. The third-order valence-electron chi connectivity index (χ3n) is 8.24. The van der Waals surface area contributed by atoms with Gasteiger partial charge in [0.25, 0.3) is 5.91 Å². The lowest BCUT2D eigenvalue weighted by molar-refractivity contribution is -0.947. The predicted molar refractivity (Wildman–Crippen MR) is 165 cm³/mol. The summed E-state index contributed by atoms with van der Waals surface area (Å²) in [7, 11) is 0. The Labute approximate surface area is 256 Å². The number of morpholine rings is 1. The second kappa shape index (κ2) is 13.8. The van der Waals surface area contributed by atoms with Crippen LogP contribution in [-0.2, 0) is 17.8 Å². The van der Waals surface area contributed by atoms with Crippen LogP contribution in [0, 0.1) is 27.7 Å². The third-order valence-corrected chi connectivity index (χ3v) is 8.24. The molecule has 0 N–H and O–H groups in total. The van der Waals surface area contributed by atoms with E-state index in [0.29, 0.717) is 6.54 Å². The van der Waals surface area contributed by atoms with E-state index in [0.717, 1.165) is 73.2 Å². The Bertz CT molecular complexity index is 1450. The molecule has 0 saturated carbocycles. The van der Waals surface area contributed by atoms with E-state index in [1.54, 1.807) is 0 Å². The van der Waals surface area contributed by atoms with Crippen LogP contribution >= 0.6 is 0 Å². The van der Waals surface area contributed by atoms with E-state index in [4.69, 9.17) is 4.74 Å². The quantitative estimate of drug-likeness (QED) is 0.265. The molecule has 4 aromatic carbocycles. The lowest BCUT2D eigenvalue weighted by Crippen LogP contribution is -3.00. The number of ether oxygens (including phenoxy) is 1. The summed E-state index contributed by atoms with van der Waals surface area (Å²) in [6.45, 7) is 15.6. The number of amides is 1. The first kappa shape index (κ1) is 31.0. The molecule has 1 heterocycles. The van der Waals surface area contributed by atoms with Gasteiger partial charge in [-0.3, -0.25) is 4.79 Å². The van der Waals surface area contributed by atoms with E-state index in [-0.39, 0.29) is 22.9 Å². The van der Waals surface area contributed by atoms with Crippen LogP contribution in [0.25, 0.3) is 10.8 Å². The van der Waals surface area contributed by atoms with Gasteiger partial charge in [-0.2, -0.15) is 0 Å². The molecule has 1 aliphatic rings. The Balaban J connectivity index is 0.00000387. The standard InChI is InChI=1S/C36H43N2O2.BrH/c1-27-19-28(2)22-31(21-27)25-37(36(39)35-12-7-10-33-9-5-6-11-34(33)35)13-8-14-38(15-17-40-18-16-38)26-32-23-29(3)20-30(4)24-32;/h5-7,9-12,19-24H,8,13-18,25-26H2,1-4H3;1H/q+1;/p-1. The van der Waals surface area contributed by atoms with Gasteiger partial charge in [-0.15, -0.1) is 0 Å². The summed E-state index contributed by atoms with van der Waals surface area (Å²) in [6, 6.07) is 27.8. The van der Waals surface area contributed by atoms with Crippen LogP contribution in [0.3, 0.4) is 0 Å². The van der Waals surface area contributed by atoms with Crippen LogP contribution in [0.15, 0.2) is 78.9 Å². The molecule has 0 aliphatic carbocycles. The Hall–Kier alpha value is -2.99. The number of aryl methyl sites for hydroxylation is 4. The summed E-state index contributed by atoms with van der Waals surface area (Å²) in [4.78, 5) is 16.2. The second-order valence-corrected chi connectivity index (χ2v) is 11.9. The van der Waals surface area contributed by atoms with Crippen molar-refractivity contribution in [1.29, 1.82) is 0 Å². The molecule has 41 heavy (non-hydrogen) atoms. The average Bonchev–Trinajstić information content (AvgIpc) is 2.91. The first-order valence-electron chi connectivity index (χ1n) is 14.6. The molecular weight excluding hydrogens is 572 g/mol. The molecule has 0 aromatic heterocycles. The number of hydrogen-bond acceptors (Lipinski definition) is 2. The summed E-state index contributed by atoms with van der Waals surface area (Å²) >= 11 is 0. The molecule has 1 amide bonds. The van der Waals surface area contributed by atoms with Gasteiger partial charge in [0, 0.05) is 30.6 Å². The third kappa shape index (κ3) is 7.85. The van der Waals surface area contributed by atoms with Crippen LogP contribution in [0.5, 0.6) is 0 Å². The van der Waals surface area contributed by atoms with Gasteiger partial charge in [0.2, 0.25) is 0 Å². The number of rotatable bonds is 9. The fraction of sp³-hybridized carbons (Fsp3) is 0.361. The van der Waals surface area contributed by atoms with Gasteiger partial charge in [0.1, 0.15) is 19.6 Å². The topological polar surface area (TPSA) is 29.5 Å². The highest BCUT2D eigenvalue weighted by molar-refractivity contribution is 6.07. The zero-order chi connectivity index (χ0) is 28.1. The minimum atomic E-state index is 0. The molecule has 1 saturated heterocycles. The summed E-state index contributed by atoms with van der Waals surface area (Å²) in [5, 5.41) is 2.12. The predicted octanol–water partition coefficient (Wildman–Crippen LogP) is 4.16. The molecule has 0 radical (unpaired) electrons. The van der Waals surface area contributed by atoms with Gasteiger partial charge < -0.3 is 31.1 Å². The van der Waals surface area contributed by atoms with Crippen molar-refractivity contribution in [3.05, 3.63) is 118 Å². The van der Waals surface area contributed by atoms with Crippen LogP contribution < -0.4 is 17.0 Å². The van der Waals surface area contributed by atoms with Crippen LogP contribution in [0.2, 0.25) is 0 Å². The molecule has 0 bridgehead atoms. The number of carbonyl (C=O) groups is 1. The molecule has 1 fully saturated rings. The summed E-state index contributed by atoms with van der Waals surface area (Å²) < 4.78 is 6.81. The first-order valence-corrected chi connectivity index (χ1v) is 14.6. The Morgan fingerprint density at radius 2 is 1.37 bits per heavy atom. The molecule has 5 rings (SSSR count). The number of halogens is 1. The first-order chi connectivity index (χ1) is 19.3. The zero-order valence-corrected chi connectivity index (χ0v) is 26.5. The van der Waals surface area contributed by atoms with E-state index in [1.807, 2.05) is 24.3 Å². The highest BCUT2D eigenvalue weighted by Gasteiger charge is 2.31. The maximum atomic E-state index is 14.2. The Morgan fingerprint density at radius 1 is 0.780 bits per heavy atom. The SMILES string of the molecule is Cc1cc(C)cc(CN(CCC[N+]2(Cc3cc(C)cc(C)c3)CCOCC2)C(=O)c2cccc3ccccc23)c1.[Br-]. The lowest BCUT2D eigenvalue weighted by atomic mass is 10.0. The van der Waals surface area contributed by atoms with Gasteiger partial charge in [0.05, 0.1) is 19.8 Å². The Kier molecular flexibility index (Phi) is 10.4. The van der Waals surface area contributed by atoms with Crippen molar-refractivity contribution in [2.45, 2.75) is 47.2 Å². The lowest BCUT2D eigenvalue weighted by Gasteiger charge is -2.42. The molecule has 4 nitrogen and oxygen atoms in total. The highest BCUT2D eigenvalue weighted by atomic mass is 79.9. The van der Waals surface area contributed by atoms with Gasteiger partial charge >= 0.3 is 0 Å². The van der Waals surface area contributed by atoms with E-state index in [2.05, 4.69) is 87.2 Å². The number of carbonyl (C=O) groups excluding carboxylic acids is 1. The van der Waals surface area contributed by atoms with E-state index >= 15 is 0 Å². The molecule has 5 heteroatoms. The Morgan fingerprint density at radius 3 is 2.02 bits per heavy atom. The summed E-state index contributed by atoms with van der Waals surface area (Å²) in [6.07, 6.45) is 0.950. The van der Waals surface area contributed by atoms with Crippen LogP contribution in [0.4, 0.5) is 0 Å². The van der Waals surface area contributed by atoms with Crippen LogP contribution in [-0.4, -0.2) is 54.7 Å². The van der Waals surface area contributed by atoms with Crippen molar-refractivity contribution >= 4 is 16.7 Å². The fourth-order valence-electron chi connectivity index (χ4n) is 6.55. The second-order valence-electron chi connectivity index (χ2n) is 11.9. The molecular formula is C36H43BrN2O2. The molecule has 0 atom stereocenters. The van der Waals surface area contributed by atoms with E-state index in [1.165, 1.54) is 33.4 Å². The molecule has 216 valence electrons. The van der Waals surface area contributed by atoms with Gasteiger partial charge in [-0.05, 0) is 50.1 Å². The van der Waals surface area contributed by atoms with Crippen molar-refractivity contribution < 1.29 is 31.0 Å². The van der Waals surface area contributed by atoms with Crippen molar-refractivity contribution in [3.63, 3.8) is 0 Å². The fourth-order valence-corrected chi connectivity index (χ4v) is 6.55. The number of nitrogens with zero attached hydrogens (tertiary/aromatic N) is 2. The normalized spacial score (nSPS) is 14.4. The molecule has 4 aromatic rings. The number of quaternary nitrogens is 1. The van der Waals surface area contributed by atoms with Crippen molar-refractivity contribution in [3.8, 4) is 0 Å². The number of fused-ring (bicyclic) bond motifs is 1. The number of hydrogen-bond donors (Lipinski definition) is 0. The smallest absolute Gasteiger partial charge is 0.254 e. The monoisotopic (exact) mass is 614 g/mol. The zero-order valence-electron chi connectivity index (χ0n) is 25.0. The van der Waals surface area contributed by atoms with E-state index in [9.17, 15) is 4.79 Å². The van der Waals surface area contributed by atoms with E-state index < -0.39 is 0 Å². The van der Waals surface area contributed by atoms with Crippen LogP contribution in [0.1, 0.15) is 50.2 Å². The maximum Gasteiger partial charge on any atom is 0.254 e. The largest absolute Gasteiger partial charge is 1.00 e. The summed E-state index contributed by atoms with van der Waals surface area (Å²) in [5.41, 5.74) is 8.49. The average molecular weight is 616 g/mol.